The third-order valence-corrected chi connectivity index (χ3v) is 2.62. The van der Waals surface area contributed by atoms with Crippen molar-refractivity contribution in [3.63, 3.8) is 0 Å². The van der Waals surface area contributed by atoms with Gasteiger partial charge in [0, 0.05) is 36.7 Å². The summed E-state index contributed by atoms with van der Waals surface area (Å²) in [4.78, 5) is 22.7. The van der Waals surface area contributed by atoms with Crippen molar-refractivity contribution in [3.05, 3.63) is 29.8 Å². The molecule has 0 bridgehead atoms. The van der Waals surface area contributed by atoms with Gasteiger partial charge in [0.05, 0.1) is 0 Å². The molecule has 19 heavy (non-hydrogen) atoms. The number of rotatable bonds is 5. The summed E-state index contributed by atoms with van der Waals surface area (Å²) >= 11 is 0. The number of nitrogens with one attached hydrogen (secondary N) is 2. The average Bonchev–Trinajstić information content (AvgIpc) is 2.36. The molecule has 104 valence electrons. The highest BCUT2D eigenvalue weighted by Gasteiger charge is 2.17. The van der Waals surface area contributed by atoms with Gasteiger partial charge in [-0.3, -0.25) is 9.59 Å². The van der Waals surface area contributed by atoms with Crippen molar-refractivity contribution in [2.75, 3.05) is 18.5 Å². The van der Waals surface area contributed by atoms with E-state index in [9.17, 15) is 9.59 Å². The van der Waals surface area contributed by atoms with Crippen molar-refractivity contribution in [2.45, 2.75) is 20.8 Å². The van der Waals surface area contributed by atoms with E-state index in [0.29, 0.717) is 17.8 Å². The Bertz CT molecular complexity index is 452. The van der Waals surface area contributed by atoms with Gasteiger partial charge in [0.1, 0.15) is 0 Å². The van der Waals surface area contributed by atoms with Crippen LogP contribution in [0.15, 0.2) is 24.3 Å². The fourth-order valence-corrected chi connectivity index (χ4v) is 1.39. The lowest BCUT2D eigenvalue weighted by Crippen LogP contribution is -2.36. The Labute approximate surface area is 113 Å². The van der Waals surface area contributed by atoms with Gasteiger partial charge in [-0.15, -0.1) is 0 Å². The van der Waals surface area contributed by atoms with E-state index >= 15 is 0 Å². The summed E-state index contributed by atoms with van der Waals surface area (Å²) < 4.78 is 0. The van der Waals surface area contributed by atoms with Gasteiger partial charge >= 0.3 is 0 Å². The minimum atomic E-state index is -0.341. The van der Waals surface area contributed by atoms with Crippen LogP contribution in [0.1, 0.15) is 31.1 Å². The lowest BCUT2D eigenvalue weighted by molar-refractivity contribution is -0.114. The number of hydrogen-bond donors (Lipinski definition) is 3. The van der Waals surface area contributed by atoms with E-state index in [1.165, 1.54) is 6.92 Å². The third-order valence-electron chi connectivity index (χ3n) is 2.62. The minimum Gasteiger partial charge on any atom is -0.396 e. The molecular weight excluding hydrogens is 244 g/mol. The van der Waals surface area contributed by atoms with E-state index < -0.39 is 0 Å². The zero-order valence-corrected chi connectivity index (χ0v) is 11.5. The number of carbonyl (C=O) groups excluding carboxylic acids is 2. The molecule has 0 heterocycles. The van der Waals surface area contributed by atoms with E-state index in [-0.39, 0.29) is 23.8 Å². The smallest absolute Gasteiger partial charge is 0.251 e. The first-order valence-electron chi connectivity index (χ1n) is 6.11. The van der Waals surface area contributed by atoms with Crippen LogP contribution in [0.5, 0.6) is 0 Å². The highest BCUT2D eigenvalue weighted by molar-refractivity contribution is 5.95. The molecule has 3 N–H and O–H groups in total. The lowest BCUT2D eigenvalue weighted by atomic mass is 9.95. The van der Waals surface area contributed by atoms with Crippen LogP contribution in [0.2, 0.25) is 0 Å². The summed E-state index contributed by atoms with van der Waals surface area (Å²) in [5.41, 5.74) is 0.828. The van der Waals surface area contributed by atoms with Crippen LogP contribution in [-0.4, -0.2) is 30.1 Å². The van der Waals surface area contributed by atoms with Crippen molar-refractivity contribution < 1.29 is 14.7 Å². The largest absolute Gasteiger partial charge is 0.396 e. The van der Waals surface area contributed by atoms with E-state index in [2.05, 4.69) is 10.6 Å². The molecular formula is C14H20N2O3. The van der Waals surface area contributed by atoms with Gasteiger partial charge in [0.25, 0.3) is 5.91 Å². The predicted octanol–water partition coefficient (Wildman–Crippen LogP) is 1.39. The fraction of sp³-hybridized carbons (Fsp3) is 0.429. The van der Waals surface area contributed by atoms with Crippen LogP contribution in [0.4, 0.5) is 5.69 Å². The molecule has 0 aliphatic heterocycles. The Hall–Kier alpha value is -1.88. The molecule has 0 unspecified atom stereocenters. The molecule has 5 nitrogen and oxygen atoms in total. The van der Waals surface area contributed by atoms with Crippen molar-refractivity contribution in [3.8, 4) is 0 Å². The van der Waals surface area contributed by atoms with E-state index in [1.54, 1.807) is 24.3 Å². The molecule has 0 radical (unpaired) electrons. The monoisotopic (exact) mass is 264 g/mol. The molecule has 5 heteroatoms. The number of aliphatic hydroxyl groups excluding tert-OH is 1. The first-order chi connectivity index (χ1) is 8.84. The van der Waals surface area contributed by atoms with Crippen LogP contribution in [0.25, 0.3) is 0 Å². The van der Waals surface area contributed by atoms with Crippen molar-refractivity contribution in [1.82, 2.24) is 5.32 Å². The molecule has 1 aromatic carbocycles. The SMILES string of the molecule is CC(=O)Nc1ccc(C(=O)NCC(C)(C)CO)cc1. The van der Waals surface area contributed by atoms with Gasteiger partial charge in [-0.25, -0.2) is 0 Å². The summed E-state index contributed by atoms with van der Waals surface area (Å²) in [6.07, 6.45) is 0. The Kier molecular flexibility index (Phi) is 5.06. The summed E-state index contributed by atoms with van der Waals surface area (Å²) in [6.45, 7) is 5.57. The van der Waals surface area contributed by atoms with Crippen LogP contribution in [0.3, 0.4) is 0 Å². The normalized spacial score (nSPS) is 10.9. The molecule has 0 atom stereocenters. The maximum absolute atomic E-state index is 11.9. The van der Waals surface area contributed by atoms with Gasteiger partial charge in [-0.05, 0) is 24.3 Å². The first kappa shape index (κ1) is 15.2. The lowest BCUT2D eigenvalue weighted by Gasteiger charge is -2.21. The maximum Gasteiger partial charge on any atom is 0.251 e. The Morgan fingerprint density at radius 3 is 2.26 bits per heavy atom. The predicted molar refractivity (Wildman–Crippen MR) is 73.9 cm³/mol. The molecule has 1 rings (SSSR count). The van der Waals surface area contributed by atoms with Crippen LogP contribution >= 0.6 is 0 Å². The second kappa shape index (κ2) is 6.33. The molecule has 0 spiro atoms. The van der Waals surface area contributed by atoms with Gasteiger partial charge in [0.15, 0.2) is 0 Å². The molecule has 0 saturated carbocycles. The number of benzene rings is 1. The second-order valence-electron chi connectivity index (χ2n) is 5.26. The number of hydrogen-bond acceptors (Lipinski definition) is 3. The molecule has 0 aromatic heterocycles. The highest BCUT2D eigenvalue weighted by Crippen LogP contribution is 2.13. The Morgan fingerprint density at radius 1 is 1.21 bits per heavy atom. The summed E-state index contributed by atoms with van der Waals surface area (Å²) in [6, 6.07) is 6.64. The molecule has 2 amide bonds. The summed E-state index contributed by atoms with van der Waals surface area (Å²) in [5.74, 6) is -0.349. The molecule has 0 aliphatic rings. The maximum atomic E-state index is 11.9. The topological polar surface area (TPSA) is 78.4 Å². The van der Waals surface area contributed by atoms with Crippen LogP contribution in [-0.2, 0) is 4.79 Å². The van der Waals surface area contributed by atoms with Gasteiger partial charge < -0.3 is 15.7 Å². The number of carbonyl (C=O) groups is 2. The zero-order chi connectivity index (χ0) is 14.5. The Morgan fingerprint density at radius 2 is 1.79 bits per heavy atom. The number of anilines is 1. The van der Waals surface area contributed by atoms with Crippen LogP contribution in [0, 0.1) is 5.41 Å². The average molecular weight is 264 g/mol. The zero-order valence-electron chi connectivity index (χ0n) is 11.5. The van der Waals surface area contributed by atoms with E-state index in [0.717, 1.165) is 0 Å². The standard InChI is InChI=1S/C14H20N2O3/c1-10(18)16-12-6-4-11(5-7-12)13(19)15-8-14(2,3)9-17/h4-7,17H,8-9H2,1-3H3,(H,15,19)(H,16,18). The molecule has 0 saturated heterocycles. The summed E-state index contributed by atoms with van der Waals surface area (Å²) in [5, 5.41) is 14.5. The second-order valence-corrected chi connectivity index (χ2v) is 5.26. The van der Waals surface area contributed by atoms with Gasteiger partial charge in [-0.2, -0.15) is 0 Å². The summed E-state index contributed by atoms with van der Waals surface area (Å²) in [7, 11) is 0. The van der Waals surface area contributed by atoms with Crippen molar-refractivity contribution in [2.24, 2.45) is 5.41 Å². The molecule has 1 aromatic rings. The minimum absolute atomic E-state index is 0.00868. The van der Waals surface area contributed by atoms with E-state index in [1.807, 2.05) is 13.8 Å². The van der Waals surface area contributed by atoms with Crippen LogP contribution < -0.4 is 10.6 Å². The highest BCUT2D eigenvalue weighted by atomic mass is 16.3. The quantitative estimate of drug-likeness (QED) is 0.752. The molecule has 0 fully saturated rings. The first-order valence-corrected chi connectivity index (χ1v) is 6.11. The van der Waals surface area contributed by atoms with Crippen molar-refractivity contribution in [1.29, 1.82) is 0 Å². The van der Waals surface area contributed by atoms with Gasteiger partial charge in [0.2, 0.25) is 5.91 Å². The number of amides is 2. The Balaban J connectivity index is 2.60. The number of aliphatic hydroxyl groups is 1. The molecule has 0 aliphatic carbocycles. The van der Waals surface area contributed by atoms with Crippen molar-refractivity contribution >= 4 is 17.5 Å². The van der Waals surface area contributed by atoms with E-state index in [4.69, 9.17) is 5.11 Å². The third kappa shape index (κ3) is 5.09. The fourth-order valence-electron chi connectivity index (χ4n) is 1.39. The van der Waals surface area contributed by atoms with Gasteiger partial charge in [-0.1, -0.05) is 13.8 Å².